The average molecular weight is 882 g/mol. The van der Waals surface area contributed by atoms with E-state index in [1.807, 2.05) is 12.4 Å². The van der Waals surface area contributed by atoms with Crippen molar-refractivity contribution in [3.8, 4) is 11.1 Å². The number of hydrogen-bond acceptors (Lipinski definition) is 3. The van der Waals surface area contributed by atoms with Gasteiger partial charge in [0.25, 0.3) is 6.71 Å². The van der Waals surface area contributed by atoms with Gasteiger partial charge in [0.1, 0.15) is 0 Å². The predicted octanol–water partition coefficient (Wildman–Crippen LogP) is 11.1. The lowest BCUT2D eigenvalue weighted by atomic mass is 9.33. The van der Waals surface area contributed by atoms with Crippen LogP contribution in [0.4, 0.5) is 34.1 Å². The summed E-state index contributed by atoms with van der Waals surface area (Å²) < 4.78 is 0. The van der Waals surface area contributed by atoms with Gasteiger partial charge in [0.2, 0.25) is 0 Å². The van der Waals surface area contributed by atoms with Crippen LogP contribution >= 0.6 is 0 Å². The third kappa shape index (κ3) is 7.07. The SMILES string of the molecule is Cc1cc2c3c(c1)N(c1ccc([Si](c4ccccc4)(c4ccccc4)c4ccccc4)cc1-c1ccncc1)c1ccccc1B3c1cc(C(C)(C)C)ccc1N2c1ccc(C(C)(C)C)cc1. The maximum absolute atomic E-state index is 4.54. The molecule has 11 rings (SSSR count). The van der Waals surface area contributed by atoms with Crippen molar-refractivity contribution in [2.24, 2.45) is 0 Å². The van der Waals surface area contributed by atoms with Crippen LogP contribution in [0, 0.1) is 6.92 Å². The van der Waals surface area contributed by atoms with Gasteiger partial charge in [-0.15, -0.1) is 0 Å². The van der Waals surface area contributed by atoms with Crippen LogP contribution in [0.5, 0.6) is 0 Å². The normalized spacial score (nSPS) is 13.2. The molecule has 2 aliphatic rings. The molecular weight excluding hydrogens is 826 g/mol. The molecule has 0 bridgehead atoms. The van der Waals surface area contributed by atoms with E-state index in [0.717, 1.165) is 11.3 Å². The molecule has 3 heterocycles. The van der Waals surface area contributed by atoms with Crippen molar-refractivity contribution in [1.29, 1.82) is 0 Å². The second kappa shape index (κ2) is 16.3. The first-order valence-corrected chi connectivity index (χ1v) is 25.7. The standard InChI is InChI=1S/C62H56BN3Si/c1-43-39-58-60-59(40-43)66(56-26-18-17-25-53(56)63(60)54-41-46(62(5,6)7)29-33-57(54)65(58)47-30-27-45(28-31-47)61(2,3)4)55-34-32-51(42-52(55)44-35-37-64-38-36-44)67(48-19-11-8-12-20-48,49-21-13-9-14-22-49)50-23-15-10-16-24-50/h8-42H,1-7H3. The van der Waals surface area contributed by atoms with Crippen LogP contribution in [0.25, 0.3) is 11.1 Å². The lowest BCUT2D eigenvalue weighted by Crippen LogP contribution is -2.74. The first-order valence-electron chi connectivity index (χ1n) is 23.7. The molecule has 0 saturated heterocycles. The Morgan fingerprint density at radius 2 is 0.925 bits per heavy atom. The molecule has 8 aromatic carbocycles. The molecule has 0 fully saturated rings. The summed E-state index contributed by atoms with van der Waals surface area (Å²) in [6.45, 7) is 16.1. The minimum absolute atomic E-state index is 0.0240. The molecule has 0 aliphatic carbocycles. The number of rotatable bonds is 7. The zero-order valence-electron chi connectivity index (χ0n) is 39.6. The summed E-state index contributed by atoms with van der Waals surface area (Å²) in [5.74, 6) is 0. The number of fused-ring (bicyclic) bond motifs is 4. The number of nitrogens with zero attached hydrogens (tertiary/aromatic N) is 3. The fourth-order valence-corrected chi connectivity index (χ4v) is 15.8. The Hall–Kier alpha value is -7.21. The minimum Gasteiger partial charge on any atom is -0.311 e. The van der Waals surface area contributed by atoms with Gasteiger partial charge >= 0.3 is 0 Å². The van der Waals surface area contributed by atoms with Crippen molar-refractivity contribution >= 4 is 86.0 Å². The minimum atomic E-state index is -2.87. The van der Waals surface area contributed by atoms with Crippen molar-refractivity contribution in [3.05, 3.63) is 229 Å². The monoisotopic (exact) mass is 881 g/mol. The van der Waals surface area contributed by atoms with E-state index in [0.29, 0.717) is 0 Å². The van der Waals surface area contributed by atoms with Gasteiger partial charge in [-0.2, -0.15) is 0 Å². The van der Waals surface area contributed by atoms with E-state index in [9.17, 15) is 0 Å². The van der Waals surface area contributed by atoms with E-state index in [-0.39, 0.29) is 17.5 Å². The molecule has 9 aromatic rings. The lowest BCUT2D eigenvalue weighted by Gasteiger charge is -2.45. The molecule has 0 spiro atoms. The molecule has 326 valence electrons. The summed E-state index contributed by atoms with van der Waals surface area (Å²) in [4.78, 5) is 9.66. The van der Waals surface area contributed by atoms with E-state index in [1.165, 1.54) is 87.8 Å². The number of anilines is 6. The van der Waals surface area contributed by atoms with E-state index in [1.54, 1.807) is 0 Å². The van der Waals surface area contributed by atoms with Gasteiger partial charge in [0.15, 0.2) is 8.07 Å². The molecule has 0 unspecified atom stereocenters. The van der Waals surface area contributed by atoms with Crippen molar-refractivity contribution < 1.29 is 0 Å². The second-order valence-corrected chi connectivity index (χ2v) is 24.3. The van der Waals surface area contributed by atoms with Crippen LogP contribution in [-0.4, -0.2) is 19.8 Å². The molecule has 0 atom stereocenters. The highest BCUT2D eigenvalue weighted by molar-refractivity contribution is 7.20. The van der Waals surface area contributed by atoms with Crippen LogP contribution in [0.2, 0.25) is 0 Å². The van der Waals surface area contributed by atoms with Gasteiger partial charge < -0.3 is 9.80 Å². The van der Waals surface area contributed by atoms with Gasteiger partial charge in [-0.1, -0.05) is 187 Å². The molecular formula is C62H56BN3Si. The Bertz CT molecular complexity index is 3170. The van der Waals surface area contributed by atoms with Crippen molar-refractivity contribution in [2.75, 3.05) is 9.80 Å². The van der Waals surface area contributed by atoms with Crippen LogP contribution in [0.15, 0.2) is 213 Å². The molecule has 0 radical (unpaired) electrons. The van der Waals surface area contributed by atoms with E-state index in [4.69, 9.17) is 0 Å². The van der Waals surface area contributed by atoms with Crippen molar-refractivity contribution in [3.63, 3.8) is 0 Å². The maximum Gasteiger partial charge on any atom is 0.252 e. The summed E-state index contributed by atoms with van der Waals surface area (Å²) in [5.41, 5.74) is 17.4. The number of pyridine rings is 1. The number of aryl methyl sites for hydroxylation is 1. The highest BCUT2D eigenvalue weighted by Gasteiger charge is 2.45. The Labute approximate surface area is 398 Å². The predicted molar refractivity (Wildman–Crippen MR) is 289 cm³/mol. The van der Waals surface area contributed by atoms with Crippen LogP contribution in [-0.2, 0) is 10.8 Å². The molecule has 1 aromatic heterocycles. The third-order valence-electron chi connectivity index (χ3n) is 14.3. The fraction of sp³-hybridized carbons (Fsp3) is 0.145. The highest BCUT2D eigenvalue weighted by Crippen LogP contribution is 2.47. The first-order chi connectivity index (χ1) is 32.4. The molecule has 5 heteroatoms. The van der Waals surface area contributed by atoms with Crippen LogP contribution in [0.3, 0.4) is 0 Å². The number of aromatic nitrogens is 1. The first kappa shape index (κ1) is 42.4. The third-order valence-corrected chi connectivity index (χ3v) is 19.0. The summed E-state index contributed by atoms with van der Waals surface area (Å²) in [7, 11) is -2.87. The lowest BCUT2D eigenvalue weighted by molar-refractivity contribution is 0.590. The van der Waals surface area contributed by atoms with Gasteiger partial charge in [0, 0.05) is 46.4 Å². The van der Waals surface area contributed by atoms with E-state index in [2.05, 4.69) is 263 Å². The molecule has 0 saturated carbocycles. The van der Waals surface area contributed by atoms with Gasteiger partial charge in [-0.25, -0.2) is 0 Å². The smallest absolute Gasteiger partial charge is 0.252 e. The molecule has 3 nitrogen and oxygen atoms in total. The zero-order chi connectivity index (χ0) is 46.1. The van der Waals surface area contributed by atoms with E-state index >= 15 is 0 Å². The molecule has 2 aliphatic heterocycles. The van der Waals surface area contributed by atoms with Crippen molar-refractivity contribution in [2.45, 2.75) is 59.3 Å². The number of benzene rings is 8. The Morgan fingerprint density at radius 3 is 1.51 bits per heavy atom. The number of para-hydroxylation sites is 1. The molecule has 67 heavy (non-hydrogen) atoms. The average Bonchev–Trinajstić information content (AvgIpc) is 3.35. The van der Waals surface area contributed by atoms with Crippen LogP contribution < -0.4 is 46.9 Å². The van der Waals surface area contributed by atoms with Crippen molar-refractivity contribution in [1.82, 2.24) is 4.98 Å². The Morgan fingerprint density at radius 1 is 0.418 bits per heavy atom. The van der Waals surface area contributed by atoms with Gasteiger partial charge in [0.05, 0.1) is 5.69 Å². The Balaban J connectivity index is 1.21. The Kier molecular flexibility index (Phi) is 10.3. The molecule has 0 amide bonds. The maximum atomic E-state index is 4.54. The summed E-state index contributed by atoms with van der Waals surface area (Å²) >= 11 is 0. The molecule has 0 N–H and O–H groups in total. The topological polar surface area (TPSA) is 19.4 Å². The van der Waals surface area contributed by atoms with E-state index < -0.39 is 8.07 Å². The fourth-order valence-electron chi connectivity index (χ4n) is 11.0. The van der Waals surface area contributed by atoms with Crippen LogP contribution in [0.1, 0.15) is 58.2 Å². The summed E-state index contributed by atoms with van der Waals surface area (Å²) in [6, 6.07) is 76.0. The summed E-state index contributed by atoms with van der Waals surface area (Å²) in [6.07, 6.45) is 3.87. The highest BCUT2D eigenvalue weighted by atomic mass is 28.3. The summed E-state index contributed by atoms with van der Waals surface area (Å²) in [5, 5.41) is 5.38. The number of hydrogen-bond donors (Lipinski definition) is 0. The van der Waals surface area contributed by atoms with Gasteiger partial charge in [-0.3, -0.25) is 4.98 Å². The van der Waals surface area contributed by atoms with Gasteiger partial charge in [-0.05, 0) is 132 Å². The quantitative estimate of drug-likeness (QED) is 0.117. The second-order valence-electron chi connectivity index (χ2n) is 20.5. The largest absolute Gasteiger partial charge is 0.311 e. The zero-order valence-corrected chi connectivity index (χ0v) is 40.6.